The first kappa shape index (κ1) is 17.0. The van der Waals surface area contributed by atoms with E-state index >= 15 is 0 Å². The molecule has 0 aliphatic rings. The van der Waals surface area contributed by atoms with Gasteiger partial charge in [-0.05, 0) is 36.6 Å². The number of nitro benzene ring substituents is 1. The molecule has 2 aromatic rings. The Balaban J connectivity index is 2.38. The predicted octanol–water partition coefficient (Wildman–Crippen LogP) is 3.66. The Morgan fingerprint density at radius 3 is 2.35 bits per heavy atom. The van der Waals surface area contributed by atoms with Gasteiger partial charge in [0.2, 0.25) is 0 Å². The summed E-state index contributed by atoms with van der Waals surface area (Å²) in [5.74, 6) is 0. The summed E-state index contributed by atoms with van der Waals surface area (Å²) in [6.07, 6.45) is 1.91. The van der Waals surface area contributed by atoms with Gasteiger partial charge in [0.1, 0.15) is 0 Å². The number of nitrogens with one attached hydrogen (secondary N) is 1. The molecule has 0 aromatic heterocycles. The smallest absolute Gasteiger partial charge is 0.279 e. The molecule has 1 N–H and O–H groups in total. The monoisotopic (exact) mass is 334 g/mol. The second kappa shape index (κ2) is 6.78. The molecule has 2 aromatic carbocycles. The molecule has 0 spiro atoms. The van der Waals surface area contributed by atoms with E-state index in [0.29, 0.717) is 11.3 Å². The molecular formula is C16H18N2O4S. The van der Waals surface area contributed by atoms with E-state index in [9.17, 15) is 18.5 Å². The minimum atomic E-state index is -4.04. The molecule has 0 bridgehead atoms. The summed E-state index contributed by atoms with van der Waals surface area (Å²) < 4.78 is 27.5. The van der Waals surface area contributed by atoms with Crippen molar-refractivity contribution in [3.8, 4) is 0 Å². The van der Waals surface area contributed by atoms with Gasteiger partial charge in [0.15, 0.2) is 4.90 Å². The van der Waals surface area contributed by atoms with Crippen LogP contribution in [0.15, 0.2) is 47.4 Å². The number of nitro groups is 1. The van der Waals surface area contributed by atoms with Gasteiger partial charge >= 0.3 is 0 Å². The Kier molecular flexibility index (Phi) is 5.00. The molecule has 0 heterocycles. The molecule has 23 heavy (non-hydrogen) atoms. The van der Waals surface area contributed by atoms with Gasteiger partial charge in [0, 0.05) is 11.8 Å². The molecule has 2 rings (SSSR count). The molecule has 0 radical (unpaired) electrons. The summed E-state index contributed by atoms with van der Waals surface area (Å²) in [4.78, 5) is 10.1. The van der Waals surface area contributed by atoms with E-state index < -0.39 is 20.6 Å². The number of aryl methyl sites for hydroxylation is 2. The van der Waals surface area contributed by atoms with Crippen molar-refractivity contribution in [2.75, 3.05) is 4.72 Å². The Morgan fingerprint density at radius 1 is 1.13 bits per heavy atom. The first-order valence-corrected chi connectivity index (χ1v) is 8.69. The second-order valence-electron chi connectivity index (χ2n) is 5.23. The first-order valence-electron chi connectivity index (χ1n) is 7.21. The number of hydrogen-bond acceptors (Lipinski definition) is 4. The van der Waals surface area contributed by atoms with Gasteiger partial charge in [-0.3, -0.25) is 14.8 Å². The third kappa shape index (κ3) is 3.87. The van der Waals surface area contributed by atoms with Gasteiger partial charge in [0.05, 0.1) is 4.92 Å². The highest BCUT2D eigenvalue weighted by Crippen LogP contribution is 2.28. The average molecular weight is 334 g/mol. The first-order chi connectivity index (χ1) is 10.8. The molecule has 0 aliphatic carbocycles. The van der Waals surface area contributed by atoms with E-state index in [-0.39, 0.29) is 4.90 Å². The predicted molar refractivity (Wildman–Crippen MR) is 89.1 cm³/mol. The van der Waals surface area contributed by atoms with E-state index in [2.05, 4.69) is 11.6 Å². The van der Waals surface area contributed by atoms with Gasteiger partial charge in [0.25, 0.3) is 15.7 Å². The van der Waals surface area contributed by atoms with Crippen molar-refractivity contribution in [3.63, 3.8) is 0 Å². The zero-order valence-electron chi connectivity index (χ0n) is 12.9. The molecule has 122 valence electrons. The fourth-order valence-corrected chi connectivity index (χ4v) is 3.82. The SMILES string of the molecule is CCCc1ccc(NS(=O)(=O)c2c(C)cccc2[N+](=O)[O-])cc1. The Morgan fingerprint density at radius 2 is 1.78 bits per heavy atom. The highest BCUT2D eigenvalue weighted by molar-refractivity contribution is 7.93. The van der Waals surface area contributed by atoms with Crippen LogP contribution in [0.4, 0.5) is 11.4 Å². The number of rotatable bonds is 6. The van der Waals surface area contributed by atoms with Crippen molar-refractivity contribution >= 4 is 21.4 Å². The fourth-order valence-electron chi connectivity index (χ4n) is 2.36. The van der Waals surface area contributed by atoms with E-state index in [1.165, 1.54) is 25.1 Å². The highest BCUT2D eigenvalue weighted by Gasteiger charge is 2.27. The fraction of sp³-hybridized carbons (Fsp3) is 0.250. The summed E-state index contributed by atoms with van der Waals surface area (Å²) in [7, 11) is -4.04. The maximum Gasteiger partial charge on any atom is 0.290 e. The largest absolute Gasteiger partial charge is 0.290 e. The van der Waals surface area contributed by atoms with Gasteiger partial charge in [-0.2, -0.15) is 0 Å². The van der Waals surface area contributed by atoms with Crippen LogP contribution in [0.5, 0.6) is 0 Å². The van der Waals surface area contributed by atoms with Crippen LogP contribution >= 0.6 is 0 Å². The van der Waals surface area contributed by atoms with Crippen LogP contribution in [-0.2, 0) is 16.4 Å². The second-order valence-corrected chi connectivity index (χ2v) is 6.85. The van der Waals surface area contributed by atoms with Crippen LogP contribution in [0.3, 0.4) is 0 Å². The highest BCUT2D eigenvalue weighted by atomic mass is 32.2. The number of benzene rings is 2. The van der Waals surface area contributed by atoms with Crippen molar-refractivity contribution in [2.24, 2.45) is 0 Å². The van der Waals surface area contributed by atoms with Crippen LogP contribution < -0.4 is 4.72 Å². The maximum absolute atomic E-state index is 12.5. The Labute approximate surface area is 135 Å². The van der Waals surface area contributed by atoms with E-state index in [1.807, 2.05) is 12.1 Å². The van der Waals surface area contributed by atoms with Crippen molar-refractivity contribution in [1.82, 2.24) is 0 Å². The lowest BCUT2D eigenvalue weighted by Crippen LogP contribution is -2.16. The van der Waals surface area contributed by atoms with Crippen molar-refractivity contribution in [1.29, 1.82) is 0 Å². The quantitative estimate of drug-likeness (QED) is 0.645. The Bertz CT molecular complexity index is 814. The summed E-state index contributed by atoms with van der Waals surface area (Å²) in [6.45, 7) is 3.60. The average Bonchev–Trinajstić information content (AvgIpc) is 2.48. The maximum atomic E-state index is 12.5. The van der Waals surface area contributed by atoms with Crippen LogP contribution in [0.2, 0.25) is 0 Å². The van der Waals surface area contributed by atoms with Crippen LogP contribution in [0.25, 0.3) is 0 Å². The van der Waals surface area contributed by atoms with Gasteiger partial charge < -0.3 is 0 Å². The van der Waals surface area contributed by atoms with E-state index in [0.717, 1.165) is 18.4 Å². The van der Waals surface area contributed by atoms with Gasteiger partial charge in [-0.25, -0.2) is 8.42 Å². The van der Waals surface area contributed by atoms with Crippen molar-refractivity contribution in [2.45, 2.75) is 31.6 Å². The molecule has 0 aliphatic heterocycles. The number of hydrogen-bond donors (Lipinski definition) is 1. The zero-order chi connectivity index (χ0) is 17.0. The van der Waals surface area contributed by atoms with Crippen LogP contribution in [-0.4, -0.2) is 13.3 Å². The summed E-state index contributed by atoms with van der Waals surface area (Å²) in [5.41, 5.74) is 1.38. The van der Waals surface area contributed by atoms with E-state index in [1.54, 1.807) is 12.1 Å². The molecule has 0 unspecified atom stereocenters. The molecule has 6 nitrogen and oxygen atoms in total. The van der Waals surface area contributed by atoms with Gasteiger partial charge in [-0.15, -0.1) is 0 Å². The zero-order valence-corrected chi connectivity index (χ0v) is 13.8. The van der Waals surface area contributed by atoms with Crippen LogP contribution in [0.1, 0.15) is 24.5 Å². The number of sulfonamides is 1. The molecular weight excluding hydrogens is 316 g/mol. The lowest BCUT2D eigenvalue weighted by molar-refractivity contribution is -0.387. The number of anilines is 1. The molecule has 0 fully saturated rings. The van der Waals surface area contributed by atoms with E-state index in [4.69, 9.17) is 0 Å². The normalized spacial score (nSPS) is 11.2. The third-order valence-corrected chi connectivity index (χ3v) is 4.97. The minimum absolute atomic E-state index is 0.303. The molecule has 0 amide bonds. The summed E-state index contributed by atoms with van der Waals surface area (Å²) >= 11 is 0. The molecule has 0 atom stereocenters. The molecule has 7 heteroatoms. The number of nitrogens with zero attached hydrogens (tertiary/aromatic N) is 1. The van der Waals surface area contributed by atoms with Crippen LogP contribution in [0, 0.1) is 17.0 Å². The minimum Gasteiger partial charge on any atom is -0.279 e. The van der Waals surface area contributed by atoms with Crippen molar-refractivity contribution < 1.29 is 13.3 Å². The topological polar surface area (TPSA) is 89.3 Å². The lowest BCUT2D eigenvalue weighted by Gasteiger charge is -2.11. The molecule has 0 saturated carbocycles. The summed E-state index contributed by atoms with van der Waals surface area (Å²) in [5, 5.41) is 11.1. The Hall–Kier alpha value is -2.41. The molecule has 0 saturated heterocycles. The summed E-state index contributed by atoms with van der Waals surface area (Å²) in [6, 6.07) is 11.2. The van der Waals surface area contributed by atoms with Crippen molar-refractivity contribution in [3.05, 3.63) is 63.7 Å². The lowest BCUT2D eigenvalue weighted by atomic mass is 10.1. The standard InChI is InChI=1S/C16H18N2O4S/c1-3-5-13-8-10-14(11-9-13)17-23(21,22)16-12(2)6-4-7-15(16)18(19)20/h4,6-11,17H,3,5H2,1-2H3. The third-order valence-electron chi connectivity index (χ3n) is 3.40. The van der Waals surface area contributed by atoms with Gasteiger partial charge in [-0.1, -0.05) is 37.6 Å².